The van der Waals surface area contributed by atoms with Crippen LogP contribution in [0, 0.1) is 0 Å². The largest absolute Gasteiger partial charge is 0.480 e. The maximum Gasteiger partial charge on any atom is 0.344 e. The van der Waals surface area contributed by atoms with Crippen LogP contribution in [0.4, 0.5) is 0 Å². The van der Waals surface area contributed by atoms with E-state index >= 15 is 0 Å². The summed E-state index contributed by atoms with van der Waals surface area (Å²) in [6, 6.07) is 2.83. The molecule has 0 aliphatic heterocycles. The Morgan fingerprint density at radius 2 is 1.78 bits per heavy atom. The Morgan fingerprint density at radius 1 is 1.17 bits per heavy atom. The van der Waals surface area contributed by atoms with Gasteiger partial charge >= 0.3 is 11.9 Å². The maximum absolute atomic E-state index is 11.8. The lowest BCUT2D eigenvalue weighted by atomic mass is 10.1. The van der Waals surface area contributed by atoms with Gasteiger partial charge in [0.25, 0.3) is 0 Å². The van der Waals surface area contributed by atoms with E-state index in [-0.39, 0.29) is 29.3 Å². The van der Waals surface area contributed by atoms with Gasteiger partial charge in [0.05, 0.1) is 22.7 Å². The van der Waals surface area contributed by atoms with Crippen LogP contribution >= 0.6 is 15.9 Å². The van der Waals surface area contributed by atoms with Crippen molar-refractivity contribution in [1.29, 1.82) is 0 Å². The van der Waals surface area contributed by atoms with E-state index in [0.29, 0.717) is 4.47 Å². The molecule has 0 aliphatic carbocycles. The van der Waals surface area contributed by atoms with E-state index in [9.17, 15) is 14.4 Å². The Balaban J connectivity index is 3.04. The standard InChI is InChI=1S/C16H19BrO6/c1-9(18)11-6-10(15(20)21-5)7-12(17)14(11)22-8-13(19)23-16(2,3)4/h6-7H,8H2,1-5H3. The molecule has 1 aromatic carbocycles. The molecule has 0 saturated carbocycles. The highest BCUT2D eigenvalue weighted by Crippen LogP contribution is 2.31. The fourth-order valence-corrected chi connectivity index (χ4v) is 2.31. The number of hydrogen-bond donors (Lipinski definition) is 0. The second kappa shape index (κ2) is 7.59. The highest BCUT2D eigenvalue weighted by atomic mass is 79.9. The van der Waals surface area contributed by atoms with Crippen LogP contribution in [0.5, 0.6) is 5.75 Å². The zero-order chi connectivity index (χ0) is 17.8. The van der Waals surface area contributed by atoms with Gasteiger partial charge in [-0.05, 0) is 55.8 Å². The van der Waals surface area contributed by atoms with Gasteiger partial charge in [-0.2, -0.15) is 0 Å². The third-order valence-electron chi connectivity index (χ3n) is 2.60. The van der Waals surface area contributed by atoms with E-state index in [1.54, 1.807) is 20.8 Å². The molecule has 0 aromatic heterocycles. The Morgan fingerprint density at radius 3 is 2.26 bits per heavy atom. The van der Waals surface area contributed by atoms with Gasteiger partial charge in [0.1, 0.15) is 11.4 Å². The number of hydrogen-bond acceptors (Lipinski definition) is 6. The molecule has 6 nitrogen and oxygen atoms in total. The summed E-state index contributed by atoms with van der Waals surface area (Å²) in [4.78, 5) is 35.1. The van der Waals surface area contributed by atoms with Gasteiger partial charge in [-0.25, -0.2) is 9.59 Å². The van der Waals surface area contributed by atoms with E-state index in [1.165, 1.54) is 26.2 Å². The number of rotatable bonds is 5. The molecule has 0 heterocycles. The van der Waals surface area contributed by atoms with Gasteiger partial charge in [-0.3, -0.25) is 4.79 Å². The molecule has 0 amide bonds. The molecule has 0 radical (unpaired) electrons. The highest BCUT2D eigenvalue weighted by Gasteiger charge is 2.21. The first-order chi connectivity index (χ1) is 10.5. The molecule has 1 rings (SSSR count). The quantitative estimate of drug-likeness (QED) is 0.571. The molecule has 126 valence electrons. The molecule has 0 atom stereocenters. The minimum atomic E-state index is -0.629. The topological polar surface area (TPSA) is 78.9 Å². The lowest BCUT2D eigenvalue weighted by molar-refractivity contribution is -0.157. The number of Topliss-reactive ketones (excluding diaryl/α,β-unsaturated/α-hetero) is 1. The second-order valence-electron chi connectivity index (χ2n) is 5.76. The molecule has 0 saturated heterocycles. The average Bonchev–Trinajstić information content (AvgIpc) is 2.42. The normalized spacial score (nSPS) is 10.9. The molecule has 0 fully saturated rings. The lowest BCUT2D eigenvalue weighted by Crippen LogP contribution is -2.27. The Kier molecular flexibility index (Phi) is 6.32. The van der Waals surface area contributed by atoms with Gasteiger partial charge in [0, 0.05) is 0 Å². The zero-order valence-corrected chi connectivity index (χ0v) is 15.3. The summed E-state index contributed by atoms with van der Waals surface area (Å²) in [5.74, 6) is -1.27. The van der Waals surface area contributed by atoms with Crippen LogP contribution in [-0.2, 0) is 14.3 Å². The van der Waals surface area contributed by atoms with Gasteiger partial charge in [0.15, 0.2) is 12.4 Å². The number of carbonyl (C=O) groups is 3. The summed E-state index contributed by atoms with van der Waals surface area (Å²) >= 11 is 3.24. The minimum absolute atomic E-state index is 0.170. The fraction of sp³-hybridized carbons (Fsp3) is 0.438. The van der Waals surface area contributed by atoms with E-state index in [2.05, 4.69) is 20.7 Å². The van der Waals surface area contributed by atoms with Crippen molar-refractivity contribution in [2.75, 3.05) is 13.7 Å². The van der Waals surface area contributed by atoms with Crippen molar-refractivity contribution >= 4 is 33.7 Å². The molecule has 0 aliphatic rings. The maximum atomic E-state index is 11.8. The van der Waals surface area contributed by atoms with E-state index < -0.39 is 17.5 Å². The highest BCUT2D eigenvalue weighted by molar-refractivity contribution is 9.10. The van der Waals surface area contributed by atoms with Gasteiger partial charge < -0.3 is 14.2 Å². The number of methoxy groups -OCH3 is 1. The van der Waals surface area contributed by atoms with Gasteiger partial charge in [-0.1, -0.05) is 0 Å². The smallest absolute Gasteiger partial charge is 0.344 e. The van der Waals surface area contributed by atoms with Crippen molar-refractivity contribution in [3.63, 3.8) is 0 Å². The molecular formula is C16H19BrO6. The zero-order valence-electron chi connectivity index (χ0n) is 13.7. The third-order valence-corrected chi connectivity index (χ3v) is 3.19. The molecule has 0 bridgehead atoms. The van der Waals surface area contributed by atoms with E-state index in [0.717, 1.165) is 0 Å². The Labute approximate surface area is 143 Å². The molecule has 0 unspecified atom stereocenters. The first-order valence-corrected chi connectivity index (χ1v) is 7.62. The summed E-state index contributed by atoms with van der Waals surface area (Å²) < 4.78 is 15.6. The van der Waals surface area contributed by atoms with E-state index in [1.807, 2.05) is 0 Å². The molecule has 0 spiro atoms. The predicted octanol–water partition coefficient (Wildman–Crippen LogP) is 3.16. The summed E-state index contributed by atoms with van der Waals surface area (Å²) in [7, 11) is 1.25. The number of ketones is 1. The molecule has 7 heteroatoms. The van der Waals surface area contributed by atoms with Gasteiger partial charge in [0.2, 0.25) is 0 Å². The summed E-state index contributed by atoms with van der Waals surface area (Å²) in [5, 5.41) is 0. The SMILES string of the molecule is COC(=O)c1cc(Br)c(OCC(=O)OC(C)(C)C)c(C(C)=O)c1. The van der Waals surface area contributed by atoms with Crippen LogP contribution < -0.4 is 4.74 Å². The van der Waals surface area contributed by atoms with Crippen molar-refractivity contribution in [2.24, 2.45) is 0 Å². The van der Waals surface area contributed by atoms with Crippen molar-refractivity contribution in [2.45, 2.75) is 33.3 Å². The number of benzene rings is 1. The Hall–Kier alpha value is -1.89. The lowest BCUT2D eigenvalue weighted by Gasteiger charge is -2.20. The summed E-state index contributed by atoms with van der Waals surface area (Å²) in [5.41, 5.74) is -0.256. The minimum Gasteiger partial charge on any atom is -0.480 e. The van der Waals surface area contributed by atoms with Crippen molar-refractivity contribution in [3.8, 4) is 5.75 Å². The summed E-state index contributed by atoms with van der Waals surface area (Å²) in [6.07, 6.45) is 0. The Bertz CT molecular complexity index is 630. The first kappa shape index (κ1) is 19.2. The molecule has 1 aromatic rings. The summed E-state index contributed by atoms with van der Waals surface area (Å²) in [6.45, 7) is 6.21. The van der Waals surface area contributed by atoms with Crippen molar-refractivity contribution in [3.05, 3.63) is 27.7 Å². The number of esters is 2. The monoisotopic (exact) mass is 386 g/mol. The van der Waals surface area contributed by atoms with Crippen LogP contribution in [0.2, 0.25) is 0 Å². The van der Waals surface area contributed by atoms with Crippen LogP contribution in [0.25, 0.3) is 0 Å². The molecular weight excluding hydrogens is 368 g/mol. The first-order valence-electron chi connectivity index (χ1n) is 6.82. The fourth-order valence-electron chi connectivity index (χ4n) is 1.74. The van der Waals surface area contributed by atoms with Crippen molar-refractivity contribution in [1.82, 2.24) is 0 Å². The second-order valence-corrected chi connectivity index (χ2v) is 6.61. The number of halogens is 1. The molecule has 0 N–H and O–H groups in total. The average molecular weight is 387 g/mol. The van der Waals surface area contributed by atoms with Crippen molar-refractivity contribution < 1.29 is 28.6 Å². The van der Waals surface area contributed by atoms with Crippen LogP contribution in [0.3, 0.4) is 0 Å². The van der Waals surface area contributed by atoms with Crippen LogP contribution in [0.1, 0.15) is 48.4 Å². The molecule has 23 heavy (non-hydrogen) atoms. The van der Waals surface area contributed by atoms with E-state index in [4.69, 9.17) is 9.47 Å². The van der Waals surface area contributed by atoms with Crippen LogP contribution in [-0.4, -0.2) is 37.0 Å². The third kappa shape index (κ3) is 5.67. The number of ether oxygens (including phenoxy) is 3. The predicted molar refractivity (Wildman–Crippen MR) is 86.8 cm³/mol. The van der Waals surface area contributed by atoms with Gasteiger partial charge in [-0.15, -0.1) is 0 Å². The number of carbonyl (C=O) groups excluding carboxylic acids is 3. The van der Waals surface area contributed by atoms with Crippen LogP contribution in [0.15, 0.2) is 16.6 Å².